The largest absolute Gasteiger partial charge is 0.495 e. The van der Waals surface area contributed by atoms with Gasteiger partial charge in [0, 0.05) is 5.56 Å². The number of anilines is 1. The van der Waals surface area contributed by atoms with Crippen LogP contribution in [0.3, 0.4) is 0 Å². The quantitative estimate of drug-likeness (QED) is 0.772. The second-order valence-electron chi connectivity index (χ2n) is 5.22. The monoisotopic (exact) mass is 422 g/mol. The van der Waals surface area contributed by atoms with Crippen LogP contribution in [0.1, 0.15) is 15.9 Å². The van der Waals surface area contributed by atoms with Crippen LogP contribution in [0.5, 0.6) is 5.75 Å². The van der Waals surface area contributed by atoms with Crippen molar-refractivity contribution in [1.29, 1.82) is 0 Å². The third kappa shape index (κ3) is 4.71. The lowest BCUT2D eigenvalue weighted by atomic mass is 10.1. The van der Waals surface area contributed by atoms with Gasteiger partial charge in [0.15, 0.2) is 0 Å². The van der Waals surface area contributed by atoms with Crippen LogP contribution in [0.15, 0.2) is 41.3 Å². The van der Waals surface area contributed by atoms with Crippen LogP contribution < -0.4 is 14.8 Å². The number of sulfonamides is 1. The molecule has 0 unspecified atom stereocenters. The van der Waals surface area contributed by atoms with E-state index in [1.807, 2.05) is 0 Å². The summed E-state index contributed by atoms with van der Waals surface area (Å²) < 4.78 is 69.6. The van der Waals surface area contributed by atoms with E-state index in [9.17, 15) is 26.4 Å². The molecule has 0 radical (unpaired) electrons. The van der Waals surface area contributed by atoms with Crippen LogP contribution in [0.4, 0.5) is 18.9 Å². The zero-order valence-electron chi connectivity index (χ0n) is 14.0. The van der Waals surface area contributed by atoms with Crippen LogP contribution in [-0.4, -0.2) is 28.5 Å². The van der Waals surface area contributed by atoms with E-state index < -0.39 is 27.7 Å². The number of nitrogens with one attached hydrogen (secondary N) is 2. The van der Waals surface area contributed by atoms with E-state index >= 15 is 0 Å². The normalized spacial score (nSPS) is 11.9. The summed E-state index contributed by atoms with van der Waals surface area (Å²) >= 11 is 5.84. The van der Waals surface area contributed by atoms with Gasteiger partial charge in [0.25, 0.3) is 5.91 Å². The molecular weight excluding hydrogens is 409 g/mol. The predicted octanol–water partition coefficient (Wildman–Crippen LogP) is 3.53. The minimum Gasteiger partial charge on any atom is -0.495 e. The smallest absolute Gasteiger partial charge is 0.416 e. The fourth-order valence-corrected chi connectivity index (χ4v) is 3.21. The molecule has 2 aromatic carbocycles. The second-order valence-corrected chi connectivity index (χ2v) is 7.48. The molecule has 2 N–H and O–H groups in total. The Morgan fingerprint density at radius 1 is 1.15 bits per heavy atom. The Bertz CT molecular complexity index is 978. The van der Waals surface area contributed by atoms with Crippen LogP contribution in [0.2, 0.25) is 5.02 Å². The molecule has 0 aliphatic heterocycles. The molecule has 2 rings (SSSR count). The Hall–Kier alpha value is -2.30. The first kappa shape index (κ1) is 21.0. The Morgan fingerprint density at radius 2 is 1.81 bits per heavy atom. The van der Waals surface area contributed by atoms with E-state index in [1.165, 1.54) is 26.3 Å². The maximum absolute atomic E-state index is 12.8. The second kappa shape index (κ2) is 7.75. The summed E-state index contributed by atoms with van der Waals surface area (Å²) in [5, 5.41) is 2.14. The Labute approximate surface area is 158 Å². The third-order valence-electron chi connectivity index (χ3n) is 3.53. The minimum absolute atomic E-state index is 0.00185. The van der Waals surface area contributed by atoms with Crippen molar-refractivity contribution in [2.45, 2.75) is 11.1 Å². The number of ether oxygens (including phenoxy) is 1. The summed E-state index contributed by atoms with van der Waals surface area (Å²) in [5.74, 6) is -0.843. The number of alkyl halides is 3. The summed E-state index contributed by atoms with van der Waals surface area (Å²) in [5.41, 5.74) is -1.36. The van der Waals surface area contributed by atoms with E-state index in [0.717, 1.165) is 18.2 Å². The number of hydrogen-bond acceptors (Lipinski definition) is 4. The van der Waals surface area contributed by atoms with Gasteiger partial charge in [-0.1, -0.05) is 11.6 Å². The van der Waals surface area contributed by atoms with Crippen LogP contribution >= 0.6 is 11.6 Å². The van der Waals surface area contributed by atoms with Crippen molar-refractivity contribution in [2.24, 2.45) is 0 Å². The summed E-state index contributed by atoms with van der Waals surface area (Å²) in [6.45, 7) is 0. The number of amides is 1. The van der Waals surface area contributed by atoms with Crippen molar-refractivity contribution in [3.63, 3.8) is 0 Å². The van der Waals surface area contributed by atoms with E-state index in [4.69, 9.17) is 16.3 Å². The van der Waals surface area contributed by atoms with Gasteiger partial charge < -0.3 is 10.1 Å². The van der Waals surface area contributed by atoms with E-state index in [0.29, 0.717) is 6.07 Å². The molecule has 0 aliphatic rings. The highest BCUT2D eigenvalue weighted by Gasteiger charge is 2.31. The van der Waals surface area contributed by atoms with E-state index in [2.05, 4.69) is 10.0 Å². The fraction of sp³-hybridized carbons (Fsp3) is 0.188. The number of rotatable bonds is 5. The third-order valence-corrected chi connectivity index (χ3v) is 5.29. The predicted molar refractivity (Wildman–Crippen MR) is 93.6 cm³/mol. The van der Waals surface area contributed by atoms with E-state index in [-0.39, 0.29) is 26.9 Å². The van der Waals surface area contributed by atoms with Crippen molar-refractivity contribution in [1.82, 2.24) is 4.72 Å². The lowest BCUT2D eigenvalue weighted by Gasteiger charge is -2.13. The molecule has 6 nitrogen and oxygen atoms in total. The number of benzene rings is 2. The Morgan fingerprint density at radius 3 is 2.37 bits per heavy atom. The van der Waals surface area contributed by atoms with Gasteiger partial charge in [0.2, 0.25) is 10.0 Å². The van der Waals surface area contributed by atoms with Crippen molar-refractivity contribution >= 4 is 33.2 Å². The molecule has 2 aromatic rings. The molecule has 0 saturated carbocycles. The fourth-order valence-electron chi connectivity index (χ4n) is 2.13. The lowest BCUT2D eigenvalue weighted by molar-refractivity contribution is -0.137. The molecule has 27 heavy (non-hydrogen) atoms. The maximum atomic E-state index is 12.8. The Kier molecular flexibility index (Phi) is 6.03. The highest BCUT2D eigenvalue weighted by atomic mass is 35.5. The van der Waals surface area contributed by atoms with Gasteiger partial charge >= 0.3 is 6.18 Å². The van der Waals surface area contributed by atoms with Gasteiger partial charge in [-0.3, -0.25) is 4.79 Å². The minimum atomic E-state index is -4.61. The standard InChI is InChI=1S/C16H14ClF3N2O4S/c1-21-27(24,25)14-7-9(3-6-13(14)26-2)15(23)22-12-8-10(16(18,19)20)4-5-11(12)17/h3-8,21H,1-2H3,(H,22,23). The first-order chi connectivity index (χ1) is 12.5. The number of carbonyl (C=O) groups excluding carboxylic acids is 1. The summed E-state index contributed by atoms with van der Waals surface area (Å²) in [4.78, 5) is 12.1. The zero-order valence-corrected chi connectivity index (χ0v) is 15.6. The molecule has 0 bridgehead atoms. The molecule has 0 atom stereocenters. The van der Waals surface area contributed by atoms with Gasteiger partial charge in [-0.15, -0.1) is 0 Å². The molecule has 0 heterocycles. The SMILES string of the molecule is CNS(=O)(=O)c1cc(C(=O)Nc2cc(C(F)(F)F)ccc2Cl)ccc1OC. The van der Waals surface area contributed by atoms with Crippen molar-refractivity contribution < 1.29 is 31.1 Å². The molecule has 0 aliphatic carbocycles. The van der Waals surface area contributed by atoms with Crippen LogP contribution in [-0.2, 0) is 16.2 Å². The number of halogens is 4. The molecule has 1 amide bonds. The number of methoxy groups -OCH3 is 1. The highest BCUT2D eigenvalue weighted by Crippen LogP contribution is 2.34. The van der Waals surface area contributed by atoms with Gasteiger partial charge in [0.1, 0.15) is 10.6 Å². The van der Waals surface area contributed by atoms with Gasteiger partial charge in [0.05, 0.1) is 23.4 Å². The van der Waals surface area contributed by atoms with Crippen molar-refractivity contribution in [3.05, 3.63) is 52.5 Å². The molecule has 0 fully saturated rings. The average Bonchev–Trinajstić information content (AvgIpc) is 2.61. The molecule has 0 saturated heterocycles. The first-order valence-electron chi connectivity index (χ1n) is 7.29. The zero-order chi connectivity index (χ0) is 20.4. The van der Waals surface area contributed by atoms with Crippen molar-refractivity contribution in [3.8, 4) is 5.75 Å². The Balaban J connectivity index is 2.41. The van der Waals surface area contributed by atoms with E-state index in [1.54, 1.807) is 0 Å². The number of hydrogen-bond donors (Lipinski definition) is 2. The highest BCUT2D eigenvalue weighted by molar-refractivity contribution is 7.89. The van der Waals surface area contributed by atoms with Gasteiger partial charge in [-0.05, 0) is 43.4 Å². The molecule has 11 heteroatoms. The summed E-state index contributed by atoms with van der Waals surface area (Å²) in [6, 6.07) is 6.04. The van der Waals surface area contributed by atoms with Crippen molar-refractivity contribution in [2.75, 3.05) is 19.5 Å². The van der Waals surface area contributed by atoms with Gasteiger partial charge in [-0.2, -0.15) is 13.2 Å². The topological polar surface area (TPSA) is 84.5 Å². The molecule has 146 valence electrons. The maximum Gasteiger partial charge on any atom is 0.416 e. The van der Waals surface area contributed by atoms with Crippen LogP contribution in [0.25, 0.3) is 0 Å². The molecular formula is C16H14ClF3N2O4S. The summed E-state index contributed by atoms with van der Waals surface area (Å²) in [7, 11) is -1.49. The number of carbonyl (C=O) groups is 1. The average molecular weight is 423 g/mol. The van der Waals surface area contributed by atoms with Gasteiger partial charge in [-0.25, -0.2) is 13.1 Å². The summed E-state index contributed by atoms with van der Waals surface area (Å²) in [6.07, 6.45) is -4.61. The molecule has 0 spiro atoms. The lowest BCUT2D eigenvalue weighted by Crippen LogP contribution is -2.20. The molecule has 0 aromatic heterocycles. The van der Waals surface area contributed by atoms with Crippen LogP contribution in [0, 0.1) is 0 Å². The first-order valence-corrected chi connectivity index (χ1v) is 9.15.